The average molecular weight is 306 g/mol. The van der Waals surface area contributed by atoms with Crippen molar-refractivity contribution < 1.29 is 33.4 Å². The highest BCUT2D eigenvalue weighted by atomic mass is 31.2. The first kappa shape index (κ1) is 14.8. The second-order valence-corrected chi connectivity index (χ2v) is 6.20. The lowest BCUT2D eigenvalue weighted by Crippen LogP contribution is -2.57. The van der Waals surface area contributed by atoms with E-state index in [0.717, 1.165) is 0 Å². The Bertz CT molecular complexity index is 500. The molecule has 0 aliphatic carbocycles. The number of carbonyl (C=O) groups is 2. The zero-order chi connectivity index (χ0) is 14.9. The molecule has 2 unspecified atom stereocenters. The van der Waals surface area contributed by atoms with E-state index in [0.29, 0.717) is 6.42 Å². The van der Waals surface area contributed by atoms with E-state index >= 15 is 0 Å². The highest BCUT2D eigenvalue weighted by Crippen LogP contribution is 2.36. The second-order valence-electron chi connectivity index (χ2n) is 4.62. The van der Waals surface area contributed by atoms with Gasteiger partial charge in [-0.05, 0) is 0 Å². The molecule has 10 heteroatoms. The van der Waals surface area contributed by atoms with Crippen LogP contribution in [0.15, 0.2) is 12.0 Å². The molecule has 0 radical (unpaired) electrons. The molecular formula is C10H15N2O7P. The van der Waals surface area contributed by atoms with Crippen molar-refractivity contribution >= 4 is 19.5 Å². The molecule has 0 aromatic heterocycles. The van der Waals surface area contributed by atoms with Crippen LogP contribution in [0.4, 0.5) is 4.79 Å². The molecule has 3 N–H and O–H groups in total. The fraction of sp³-hybridized carbons (Fsp3) is 0.600. The van der Waals surface area contributed by atoms with Crippen LogP contribution in [0, 0.1) is 5.92 Å². The van der Waals surface area contributed by atoms with Gasteiger partial charge in [-0.1, -0.05) is 6.92 Å². The standard InChI is InChI=1S/C10H15N2O7P/c1-6-4-12(10(14)11-9(6)13)7-2-3-8(19-7)18-5-20(15,16)17/h3,6-7H,2,4-5H2,1H3,(H,11,13,14)(H2,15,16,17). The molecule has 112 valence electrons. The highest BCUT2D eigenvalue weighted by molar-refractivity contribution is 7.51. The molecule has 0 saturated carbocycles. The van der Waals surface area contributed by atoms with Gasteiger partial charge in [-0.25, -0.2) is 4.79 Å². The second kappa shape index (κ2) is 5.43. The van der Waals surface area contributed by atoms with Gasteiger partial charge in [0, 0.05) is 19.0 Å². The van der Waals surface area contributed by atoms with Gasteiger partial charge in [-0.15, -0.1) is 0 Å². The summed E-state index contributed by atoms with van der Waals surface area (Å²) in [6, 6.07) is -0.553. The maximum Gasteiger partial charge on any atom is 0.362 e. The Morgan fingerprint density at radius 3 is 2.90 bits per heavy atom. The summed E-state index contributed by atoms with van der Waals surface area (Å²) >= 11 is 0. The van der Waals surface area contributed by atoms with Crippen molar-refractivity contribution in [3.8, 4) is 0 Å². The van der Waals surface area contributed by atoms with Crippen LogP contribution in [-0.4, -0.2) is 45.7 Å². The predicted molar refractivity (Wildman–Crippen MR) is 65.0 cm³/mol. The normalized spacial score (nSPS) is 26.9. The fourth-order valence-electron chi connectivity index (χ4n) is 1.87. The topological polar surface area (TPSA) is 125 Å². The smallest absolute Gasteiger partial charge is 0.362 e. The summed E-state index contributed by atoms with van der Waals surface area (Å²) in [7, 11) is -4.28. The number of hydrogen-bond acceptors (Lipinski definition) is 5. The zero-order valence-corrected chi connectivity index (χ0v) is 11.6. The van der Waals surface area contributed by atoms with Crippen LogP contribution in [-0.2, 0) is 18.8 Å². The average Bonchev–Trinajstić information content (AvgIpc) is 2.79. The summed E-state index contributed by atoms with van der Waals surface area (Å²) in [6.07, 6.45) is 0.393. The summed E-state index contributed by atoms with van der Waals surface area (Å²) < 4.78 is 20.8. The van der Waals surface area contributed by atoms with Gasteiger partial charge >= 0.3 is 13.6 Å². The van der Waals surface area contributed by atoms with E-state index < -0.39 is 26.2 Å². The number of nitrogens with one attached hydrogen (secondary N) is 1. The van der Waals surface area contributed by atoms with E-state index in [9.17, 15) is 14.2 Å². The lowest BCUT2D eigenvalue weighted by molar-refractivity contribution is -0.127. The quantitative estimate of drug-likeness (QED) is 0.620. The Morgan fingerprint density at radius 1 is 1.55 bits per heavy atom. The summed E-state index contributed by atoms with van der Waals surface area (Å²) in [5.41, 5.74) is 0. The number of urea groups is 1. The first-order valence-corrected chi connectivity index (χ1v) is 7.71. The molecule has 1 fully saturated rings. The van der Waals surface area contributed by atoms with E-state index in [1.165, 1.54) is 11.0 Å². The summed E-state index contributed by atoms with van der Waals surface area (Å²) in [6.45, 7) is 1.90. The number of carbonyl (C=O) groups excluding carboxylic acids is 2. The molecule has 3 amide bonds. The molecule has 9 nitrogen and oxygen atoms in total. The van der Waals surface area contributed by atoms with Crippen molar-refractivity contribution in [2.45, 2.75) is 19.6 Å². The zero-order valence-electron chi connectivity index (χ0n) is 10.7. The van der Waals surface area contributed by atoms with Crippen LogP contribution >= 0.6 is 7.60 Å². The number of amides is 3. The van der Waals surface area contributed by atoms with Gasteiger partial charge in [0.25, 0.3) is 5.95 Å². The molecule has 0 bridgehead atoms. The van der Waals surface area contributed by atoms with E-state index in [4.69, 9.17) is 19.3 Å². The van der Waals surface area contributed by atoms with Crippen molar-refractivity contribution in [3.05, 3.63) is 12.0 Å². The van der Waals surface area contributed by atoms with Crippen LogP contribution in [0.3, 0.4) is 0 Å². The van der Waals surface area contributed by atoms with Crippen LogP contribution in [0.5, 0.6) is 0 Å². The van der Waals surface area contributed by atoms with Crippen molar-refractivity contribution in [1.29, 1.82) is 0 Å². The summed E-state index contributed by atoms with van der Waals surface area (Å²) in [5.74, 6) is -0.720. The largest absolute Gasteiger partial charge is 0.453 e. The van der Waals surface area contributed by atoms with Crippen molar-refractivity contribution in [2.24, 2.45) is 5.92 Å². The van der Waals surface area contributed by atoms with Gasteiger partial charge in [0.2, 0.25) is 5.91 Å². The third kappa shape index (κ3) is 3.50. The number of imide groups is 1. The summed E-state index contributed by atoms with van der Waals surface area (Å²) in [4.78, 5) is 41.7. The third-order valence-corrected chi connectivity index (χ3v) is 3.34. The Labute approximate surface area is 114 Å². The van der Waals surface area contributed by atoms with Gasteiger partial charge in [-0.3, -0.25) is 19.6 Å². The molecule has 0 spiro atoms. The molecular weight excluding hydrogens is 291 g/mol. The molecule has 2 rings (SSSR count). The number of ether oxygens (including phenoxy) is 2. The lowest BCUT2D eigenvalue weighted by Gasteiger charge is -2.34. The molecule has 20 heavy (non-hydrogen) atoms. The Kier molecular flexibility index (Phi) is 4.03. The van der Waals surface area contributed by atoms with Gasteiger partial charge in [0.05, 0.1) is 5.92 Å². The van der Waals surface area contributed by atoms with Crippen LogP contribution in [0.1, 0.15) is 13.3 Å². The van der Waals surface area contributed by atoms with Gasteiger partial charge in [-0.2, -0.15) is 0 Å². The van der Waals surface area contributed by atoms with E-state index in [2.05, 4.69) is 5.32 Å². The van der Waals surface area contributed by atoms with Crippen LogP contribution < -0.4 is 5.32 Å². The Morgan fingerprint density at radius 2 is 2.25 bits per heavy atom. The fourth-order valence-corrected chi connectivity index (χ4v) is 2.16. The highest BCUT2D eigenvalue weighted by Gasteiger charge is 2.37. The van der Waals surface area contributed by atoms with E-state index in [1.54, 1.807) is 6.92 Å². The van der Waals surface area contributed by atoms with Gasteiger partial charge in [0.15, 0.2) is 12.6 Å². The lowest BCUT2D eigenvalue weighted by atomic mass is 10.1. The van der Waals surface area contributed by atoms with E-state index in [1.807, 2.05) is 0 Å². The molecule has 2 atom stereocenters. The number of hydrogen-bond donors (Lipinski definition) is 3. The van der Waals surface area contributed by atoms with Gasteiger partial charge < -0.3 is 19.3 Å². The van der Waals surface area contributed by atoms with Crippen molar-refractivity contribution in [1.82, 2.24) is 10.2 Å². The number of nitrogens with zero attached hydrogens (tertiary/aromatic N) is 1. The summed E-state index contributed by atoms with van der Waals surface area (Å²) in [5, 5.41) is 2.21. The van der Waals surface area contributed by atoms with E-state index in [-0.39, 0.29) is 24.3 Å². The van der Waals surface area contributed by atoms with Gasteiger partial charge in [0.1, 0.15) is 0 Å². The number of rotatable bonds is 4. The molecule has 0 aromatic carbocycles. The third-order valence-electron chi connectivity index (χ3n) is 2.87. The molecule has 2 aliphatic rings. The van der Waals surface area contributed by atoms with Crippen molar-refractivity contribution in [2.75, 3.05) is 12.9 Å². The minimum atomic E-state index is -4.28. The first-order valence-electron chi connectivity index (χ1n) is 5.92. The Hall–Kier alpha value is -1.57. The maximum absolute atomic E-state index is 11.7. The van der Waals surface area contributed by atoms with Crippen molar-refractivity contribution in [3.63, 3.8) is 0 Å². The van der Waals surface area contributed by atoms with Crippen LogP contribution in [0.2, 0.25) is 0 Å². The molecule has 2 aliphatic heterocycles. The molecule has 1 saturated heterocycles. The Balaban J connectivity index is 1.89. The first-order chi connectivity index (χ1) is 9.26. The maximum atomic E-state index is 11.7. The monoisotopic (exact) mass is 306 g/mol. The minimum absolute atomic E-state index is 0.0318. The minimum Gasteiger partial charge on any atom is -0.453 e. The molecule has 2 heterocycles. The SMILES string of the molecule is CC1CN(C2CC=C(OCP(=O)(O)O)O2)C(=O)NC1=O. The van der Waals surface area contributed by atoms with Crippen LogP contribution in [0.25, 0.3) is 0 Å². The molecule has 0 aromatic rings. The predicted octanol–water partition coefficient (Wildman–Crippen LogP) is -0.0861.